The first kappa shape index (κ1) is 14.4. The highest BCUT2D eigenvalue weighted by molar-refractivity contribution is 6.31. The molecule has 2 aromatic heterocycles. The Bertz CT molecular complexity index is 773. The first-order valence-electron chi connectivity index (χ1n) is 6.83. The molecule has 0 amide bonds. The standard InChI is InChI=1S/C15H16Cl2N4/c1-10(16)15-19-13-4-3-11(17)9-14(13)21(15)8-6-12-5-7-18-20(12)2/h3-5,7,9-10H,6,8H2,1-2H3. The van der Waals surface area contributed by atoms with Crippen LogP contribution in [-0.4, -0.2) is 19.3 Å². The van der Waals surface area contributed by atoms with Crippen LogP contribution in [0.2, 0.25) is 5.02 Å². The summed E-state index contributed by atoms with van der Waals surface area (Å²) in [5.41, 5.74) is 3.12. The molecule has 1 unspecified atom stereocenters. The zero-order chi connectivity index (χ0) is 15.0. The molecule has 0 radical (unpaired) electrons. The Morgan fingerprint density at radius 2 is 2.10 bits per heavy atom. The van der Waals surface area contributed by atoms with Crippen molar-refractivity contribution >= 4 is 34.2 Å². The lowest BCUT2D eigenvalue weighted by Gasteiger charge is -2.10. The molecule has 0 aliphatic heterocycles. The third-order valence-electron chi connectivity index (χ3n) is 3.61. The van der Waals surface area contributed by atoms with Crippen LogP contribution in [0.15, 0.2) is 30.5 Å². The molecule has 1 atom stereocenters. The fourth-order valence-corrected chi connectivity index (χ4v) is 2.86. The molecule has 0 N–H and O–H groups in total. The maximum Gasteiger partial charge on any atom is 0.127 e. The Hall–Kier alpha value is -1.52. The van der Waals surface area contributed by atoms with Crippen molar-refractivity contribution in [3.05, 3.63) is 47.0 Å². The number of aryl methyl sites for hydroxylation is 3. The molecule has 0 aliphatic carbocycles. The van der Waals surface area contributed by atoms with E-state index < -0.39 is 0 Å². The van der Waals surface area contributed by atoms with Crippen LogP contribution in [0, 0.1) is 0 Å². The van der Waals surface area contributed by atoms with E-state index in [2.05, 4.69) is 14.6 Å². The summed E-state index contributed by atoms with van der Waals surface area (Å²) in [5.74, 6) is 0.871. The SMILES string of the molecule is CC(Cl)c1nc2ccc(Cl)cc2n1CCc1ccnn1C. The van der Waals surface area contributed by atoms with Gasteiger partial charge in [-0.2, -0.15) is 5.10 Å². The second kappa shape index (κ2) is 5.70. The van der Waals surface area contributed by atoms with Gasteiger partial charge in [0.2, 0.25) is 0 Å². The predicted molar refractivity (Wildman–Crippen MR) is 85.9 cm³/mol. The summed E-state index contributed by atoms with van der Waals surface area (Å²) in [6.07, 6.45) is 2.67. The summed E-state index contributed by atoms with van der Waals surface area (Å²) in [5, 5.41) is 4.75. The molecule has 21 heavy (non-hydrogen) atoms. The molecule has 0 aliphatic rings. The minimum Gasteiger partial charge on any atom is -0.326 e. The van der Waals surface area contributed by atoms with Crippen LogP contribution in [0.1, 0.15) is 23.8 Å². The Kier molecular flexibility index (Phi) is 3.91. The van der Waals surface area contributed by atoms with Gasteiger partial charge in [-0.3, -0.25) is 4.68 Å². The van der Waals surface area contributed by atoms with Gasteiger partial charge in [0.25, 0.3) is 0 Å². The van der Waals surface area contributed by atoms with Gasteiger partial charge in [0, 0.05) is 36.9 Å². The normalized spacial score (nSPS) is 13.0. The van der Waals surface area contributed by atoms with Crippen LogP contribution in [0.5, 0.6) is 0 Å². The highest BCUT2D eigenvalue weighted by Gasteiger charge is 2.15. The van der Waals surface area contributed by atoms with E-state index in [1.54, 1.807) is 0 Å². The Balaban J connectivity index is 2.00. The molecule has 3 aromatic rings. The fraction of sp³-hybridized carbons (Fsp3) is 0.333. The van der Waals surface area contributed by atoms with E-state index in [0.717, 1.165) is 29.8 Å². The monoisotopic (exact) mass is 322 g/mol. The van der Waals surface area contributed by atoms with Crippen LogP contribution in [-0.2, 0) is 20.0 Å². The highest BCUT2D eigenvalue weighted by Crippen LogP contribution is 2.26. The molecule has 6 heteroatoms. The number of fused-ring (bicyclic) bond motifs is 1. The molecule has 0 saturated heterocycles. The molecule has 110 valence electrons. The topological polar surface area (TPSA) is 35.6 Å². The maximum atomic E-state index is 6.28. The van der Waals surface area contributed by atoms with Gasteiger partial charge in [-0.05, 0) is 31.2 Å². The summed E-state index contributed by atoms with van der Waals surface area (Å²) in [6.45, 7) is 2.73. The number of halogens is 2. The van der Waals surface area contributed by atoms with E-state index in [0.29, 0.717) is 5.02 Å². The molecule has 3 rings (SSSR count). The smallest absolute Gasteiger partial charge is 0.127 e. The first-order valence-corrected chi connectivity index (χ1v) is 7.64. The second-order valence-electron chi connectivity index (χ2n) is 5.07. The first-order chi connectivity index (χ1) is 10.1. The Morgan fingerprint density at radius 3 is 2.76 bits per heavy atom. The number of nitrogens with zero attached hydrogens (tertiary/aromatic N) is 4. The second-order valence-corrected chi connectivity index (χ2v) is 6.16. The quantitative estimate of drug-likeness (QED) is 0.681. The van der Waals surface area contributed by atoms with Gasteiger partial charge >= 0.3 is 0 Å². The fourth-order valence-electron chi connectivity index (χ4n) is 2.53. The minimum atomic E-state index is -0.150. The van der Waals surface area contributed by atoms with E-state index in [1.807, 2.05) is 49.1 Å². The zero-order valence-corrected chi connectivity index (χ0v) is 13.4. The molecule has 0 saturated carbocycles. The number of imidazole rings is 1. The van der Waals surface area contributed by atoms with Gasteiger partial charge in [-0.15, -0.1) is 11.6 Å². The van der Waals surface area contributed by atoms with E-state index in [1.165, 1.54) is 5.69 Å². The summed E-state index contributed by atoms with van der Waals surface area (Å²) < 4.78 is 4.03. The number of rotatable bonds is 4. The molecule has 4 nitrogen and oxygen atoms in total. The van der Waals surface area contributed by atoms with Crippen LogP contribution in [0.3, 0.4) is 0 Å². The van der Waals surface area contributed by atoms with E-state index in [4.69, 9.17) is 23.2 Å². The van der Waals surface area contributed by atoms with Crippen LogP contribution >= 0.6 is 23.2 Å². The zero-order valence-electron chi connectivity index (χ0n) is 11.9. The predicted octanol–water partition coefficient (Wildman–Crippen LogP) is 3.97. The van der Waals surface area contributed by atoms with Crippen molar-refractivity contribution in [1.29, 1.82) is 0 Å². The van der Waals surface area contributed by atoms with Crippen LogP contribution in [0.4, 0.5) is 0 Å². The van der Waals surface area contributed by atoms with Gasteiger partial charge in [0.05, 0.1) is 16.4 Å². The Morgan fingerprint density at radius 1 is 1.29 bits per heavy atom. The molecule has 0 fully saturated rings. The van der Waals surface area contributed by atoms with Gasteiger partial charge < -0.3 is 4.57 Å². The molecule has 2 heterocycles. The molecule has 1 aromatic carbocycles. The van der Waals surface area contributed by atoms with E-state index in [9.17, 15) is 0 Å². The van der Waals surface area contributed by atoms with Crippen LogP contribution < -0.4 is 0 Å². The Labute approximate surface area is 133 Å². The number of benzene rings is 1. The number of hydrogen-bond acceptors (Lipinski definition) is 2. The number of aromatic nitrogens is 4. The largest absolute Gasteiger partial charge is 0.326 e. The van der Waals surface area contributed by atoms with Gasteiger partial charge in [-0.1, -0.05) is 11.6 Å². The summed E-state index contributed by atoms with van der Waals surface area (Å²) >= 11 is 12.4. The third kappa shape index (κ3) is 2.78. The molecule has 0 bridgehead atoms. The lowest BCUT2D eigenvalue weighted by atomic mass is 10.2. The van der Waals surface area contributed by atoms with Gasteiger partial charge in [0.1, 0.15) is 5.82 Å². The minimum absolute atomic E-state index is 0.150. The van der Waals surface area contributed by atoms with Crippen molar-refractivity contribution < 1.29 is 0 Å². The van der Waals surface area contributed by atoms with Gasteiger partial charge in [-0.25, -0.2) is 4.98 Å². The summed E-state index contributed by atoms with van der Waals surface area (Å²) in [4.78, 5) is 4.63. The van der Waals surface area contributed by atoms with Crippen molar-refractivity contribution in [2.45, 2.75) is 25.3 Å². The molecular weight excluding hydrogens is 307 g/mol. The summed E-state index contributed by atoms with van der Waals surface area (Å²) in [7, 11) is 1.95. The number of hydrogen-bond donors (Lipinski definition) is 0. The number of alkyl halides is 1. The highest BCUT2D eigenvalue weighted by atomic mass is 35.5. The van der Waals surface area contributed by atoms with Crippen molar-refractivity contribution in [2.24, 2.45) is 7.05 Å². The van der Waals surface area contributed by atoms with Crippen molar-refractivity contribution in [3.8, 4) is 0 Å². The molecule has 0 spiro atoms. The maximum absolute atomic E-state index is 6.28. The van der Waals surface area contributed by atoms with Crippen molar-refractivity contribution in [1.82, 2.24) is 19.3 Å². The third-order valence-corrected chi connectivity index (χ3v) is 4.04. The van der Waals surface area contributed by atoms with E-state index >= 15 is 0 Å². The van der Waals surface area contributed by atoms with Crippen molar-refractivity contribution in [3.63, 3.8) is 0 Å². The average Bonchev–Trinajstić information content (AvgIpc) is 3.00. The van der Waals surface area contributed by atoms with Crippen LogP contribution in [0.25, 0.3) is 11.0 Å². The van der Waals surface area contributed by atoms with Crippen molar-refractivity contribution in [2.75, 3.05) is 0 Å². The lowest BCUT2D eigenvalue weighted by molar-refractivity contribution is 0.624. The average molecular weight is 323 g/mol. The molecular formula is C15H16Cl2N4. The summed E-state index contributed by atoms with van der Waals surface area (Å²) in [6, 6.07) is 7.75. The lowest BCUT2D eigenvalue weighted by Crippen LogP contribution is -2.09. The van der Waals surface area contributed by atoms with E-state index in [-0.39, 0.29) is 5.38 Å². The van der Waals surface area contributed by atoms with Gasteiger partial charge in [0.15, 0.2) is 0 Å².